The summed E-state index contributed by atoms with van der Waals surface area (Å²) in [4.78, 5) is 2.74. The van der Waals surface area contributed by atoms with Gasteiger partial charge in [-0.05, 0) is 50.6 Å². The van der Waals surface area contributed by atoms with Crippen LogP contribution < -0.4 is 5.32 Å². The van der Waals surface area contributed by atoms with Crippen molar-refractivity contribution in [3.63, 3.8) is 0 Å². The van der Waals surface area contributed by atoms with Gasteiger partial charge in [0, 0.05) is 18.6 Å². The average Bonchev–Trinajstić information content (AvgIpc) is 2.42. The van der Waals surface area contributed by atoms with Crippen LogP contribution in [0.1, 0.15) is 66.7 Å². The van der Waals surface area contributed by atoms with Crippen molar-refractivity contribution in [1.29, 1.82) is 0 Å². The highest BCUT2D eigenvalue weighted by atomic mass is 15.2. The molecule has 0 amide bonds. The highest BCUT2D eigenvalue weighted by molar-refractivity contribution is 4.91. The standard InChI is InChI=1S/C17H36N2/c1-6-11-18-16-10-9-15(7-2)12-17(16)19(8-3)13-14(4)5/h14-18H,6-13H2,1-5H3. The fourth-order valence-corrected chi connectivity index (χ4v) is 3.54. The Kier molecular flexibility index (Phi) is 8.01. The van der Waals surface area contributed by atoms with Gasteiger partial charge in [0.25, 0.3) is 0 Å². The Bertz CT molecular complexity index is 227. The van der Waals surface area contributed by atoms with Gasteiger partial charge in [0.05, 0.1) is 0 Å². The first-order chi connectivity index (χ1) is 9.12. The topological polar surface area (TPSA) is 15.3 Å². The Morgan fingerprint density at radius 1 is 1.16 bits per heavy atom. The summed E-state index contributed by atoms with van der Waals surface area (Å²) in [5, 5.41) is 3.81. The van der Waals surface area contributed by atoms with Gasteiger partial charge >= 0.3 is 0 Å². The third kappa shape index (κ3) is 5.43. The molecule has 0 saturated heterocycles. The lowest BCUT2D eigenvalue weighted by Crippen LogP contribution is -2.54. The molecule has 1 aliphatic rings. The first-order valence-corrected chi connectivity index (χ1v) is 8.59. The molecule has 1 rings (SSSR count). The maximum absolute atomic E-state index is 3.81. The molecule has 19 heavy (non-hydrogen) atoms. The predicted molar refractivity (Wildman–Crippen MR) is 85.6 cm³/mol. The monoisotopic (exact) mass is 268 g/mol. The second kappa shape index (κ2) is 8.97. The number of hydrogen-bond donors (Lipinski definition) is 1. The molecule has 1 saturated carbocycles. The Hall–Kier alpha value is -0.0800. The lowest BCUT2D eigenvalue weighted by molar-refractivity contribution is 0.0897. The fourth-order valence-electron chi connectivity index (χ4n) is 3.54. The number of rotatable bonds is 8. The van der Waals surface area contributed by atoms with Gasteiger partial charge < -0.3 is 5.32 Å². The van der Waals surface area contributed by atoms with Crippen LogP contribution in [0, 0.1) is 11.8 Å². The van der Waals surface area contributed by atoms with E-state index in [1.165, 1.54) is 51.7 Å². The molecule has 0 aromatic rings. The lowest BCUT2D eigenvalue weighted by Gasteiger charge is -2.43. The van der Waals surface area contributed by atoms with E-state index in [2.05, 4.69) is 44.8 Å². The van der Waals surface area contributed by atoms with Crippen molar-refractivity contribution in [3.05, 3.63) is 0 Å². The van der Waals surface area contributed by atoms with Crippen LogP contribution in [-0.4, -0.2) is 36.6 Å². The Labute approximate surface area is 121 Å². The van der Waals surface area contributed by atoms with E-state index in [1.54, 1.807) is 0 Å². The van der Waals surface area contributed by atoms with E-state index in [4.69, 9.17) is 0 Å². The zero-order valence-electron chi connectivity index (χ0n) is 13.9. The van der Waals surface area contributed by atoms with Crippen molar-refractivity contribution >= 4 is 0 Å². The number of likely N-dealkylation sites (N-methyl/N-ethyl adjacent to an activating group) is 1. The summed E-state index contributed by atoms with van der Waals surface area (Å²) in [7, 11) is 0. The van der Waals surface area contributed by atoms with Crippen molar-refractivity contribution in [2.75, 3.05) is 19.6 Å². The highest BCUT2D eigenvalue weighted by Gasteiger charge is 2.32. The van der Waals surface area contributed by atoms with Crippen LogP contribution in [0.15, 0.2) is 0 Å². The summed E-state index contributed by atoms with van der Waals surface area (Å²) < 4.78 is 0. The van der Waals surface area contributed by atoms with Gasteiger partial charge in [-0.3, -0.25) is 4.90 Å². The molecule has 3 atom stereocenters. The Morgan fingerprint density at radius 2 is 1.89 bits per heavy atom. The molecule has 0 aromatic carbocycles. The first-order valence-electron chi connectivity index (χ1n) is 8.59. The molecular formula is C17H36N2. The Morgan fingerprint density at radius 3 is 2.42 bits per heavy atom. The molecule has 3 unspecified atom stereocenters. The molecule has 1 N–H and O–H groups in total. The molecule has 114 valence electrons. The maximum atomic E-state index is 3.81. The van der Waals surface area contributed by atoms with E-state index in [-0.39, 0.29) is 0 Å². The summed E-state index contributed by atoms with van der Waals surface area (Å²) in [6, 6.07) is 1.49. The molecule has 2 nitrogen and oxygen atoms in total. The van der Waals surface area contributed by atoms with Crippen molar-refractivity contribution in [2.45, 2.75) is 78.8 Å². The zero-order valence-corrected chi connectivity index (χ0v) is 13.9. The minimum atomic E-state index is 0.724. The van der Waals surface area contributed by atoms with Gasteiger partial charge in [0.2, 0.25) is 0 Å². The SMILES string of the molecule is CCCNC1CCC(CC)CC1N(CC)CC(C)C. The molecule has 0 spiro atoms. The van der Waals surface area contributed by atoms with E-state index in [1.807, 2.05) is 0 Å². The highest BCUT2D eigenvalue weighted by Crippen LogP contribution is 2.30. The Balaban J connectivity index is 2.67. The minimum Gasteiger partial charge on any atom is -0.312 e. The molecule has 0 radical (unpaired) electrons. The van der Waals surface area contributed by atoms with E-state index in [9.17, 15) is 0 Å². The van der Waals surface area contributed by atoms with Crippen LogP contribution in [-0.2, 0) is 0 Å². The molecule has 1 aliphatic carbocycles. The summed E-state index contributed by atoms with van der Waals surface area (Å²) >= 11 is 0. The number of nitrogens with zero attached hydrogens (tertiary/aromatic N) is 1. The largest absolute Gasteiger partial charge is 0.312 e. The third-order valence-corrected chi connectivity index (χ3v) is 4.63. The van der Waals surface area contributed by atoms with Gasteiger partial charge in [0.15, 0.2) is 0 Å². The normalized spacial score (nSPS) is 28.3. The van der Waals surface area contributed by atoms with Crippen LogP contribution in [0.3, 0.4) is 0 Å². The van der Waals surface area contributed by atoms with E-state index >= 15 is 0 Å². The lowest BCUT2D eigenvalue weighted by atomic mass is 9.80. The number of hydrogen-bond acceptors (Lipinski definition) is 2. The van der Waals surface area contributed by atoms with Crippen LogP contribution in [0.2, 0.25) is 0 Å². The van der Waals surface area contributed by atoms with Gasteiger partial charge in [-0.25, -0.2) is 0 Å². The second-order valence-electron chi connectivity index (χ2n) is 6.70. The molecule has 1 fully saturated rings. The van der Waals surface area contributed by atoms with Crippen LogP contribution in [0.4, 0.5) is 0 Å². The molecule has 0 bridgehead atoms. The summed E-state index contributed by atoms with van der Waals surface area (Å²) in [6.45, 7) is 15.3. The molecule has 0 heterocycles. The van der Waals surface area contributed by atoms with Gasteiger partial charge in [-0.2, -0.15) is 0 Å². The number of nitrogens with one attached hydrogen (secondary N) is 1. The fraction of sp³-hybridized carbons (Fsp3) is 1.00. The van der Waals surface area contributed by atoms with Gasteiger partial charge in [0.1, 0.15) is 0 Å². The van der Waals surface area contributed by atoms with Gasteiger partial charge in [-0.15, -0.1) is 0 Å². The smallest absolute Gasteiger partial charge is 0.0251 e. The quantitative estimate of drug-likeness (QED) is 0.718. The van der Waals surface area contributed by atoms with Crippen LogP contribution in [0.25, 0.3) is 0 Å². The first kappa shape index (κ1) is 17.0. The molecule has 2 heteroatoms. The summed E-state index contributed by atoms with van der Waals surface area (Å²) in [6.07, 6.45) is 6.80. The van der Waals surface area contributed by atoms with Crippen LogP contribution in [0.5, 0.6) is 0 Å². The molecular weight excluding hydrogens is 232 g/mol. The van der Waals surface area contributed by atoms with Gasteiger partial charge in [-0.1, -0.05) is 41.0 Å². The average molecular weight is 268 g/mol. The maximum Gasteiger partial charge on any atom is 0.0251 e. The van der Waals surface area contributed by atoms with Crippen LogP contribution >= 0.6 is 0 Å². The van der Waals surface area contributed by atoms with Crippen molar-refractivity contribution in [3.8, 4) is 0 Å². The summed E-state index contributed by atoms with van der Waals surface area (Å²) in [5.41, 5.74) is 0. The van der Waals surface area contributed by atoms with E-state index in [0.717, 1.165) is 23.9 Å². The van der Waals surface area contributed by atoms with Crippen molar-refractivity contribution in [2.24, 2.45) is 11.8 Å². The van der Waals surface area contributed by atoms with Crippen molar-refractivity contribution < 1.29 is 0 Å². The summed E-state index contributed by atoms with van der Waals surface area (Å²) in [5.74, 6) is 1.72. The molecule has 0 aliphatic heterocycles. The van der Waals surface area contributed by atoms with E-state index in [0.29, 0.717) is 0 Å². The molecule has 0 aromatic heterocycles. The predicted octanol–water partition coefficient (Wildman–Crippen LogP) is 3.91. The minimum absolute atomic E-state index is 0.724. The van der Waals surface area contributed by atoms with Crippen molar-refractivity contribution in [1.82, 2.24) is 10.2 Å². The second-order valence-corrected chi connectivity index (χ2v) is 6.70. The van der Waals surface area contributed by atoms with E-state index < -0.39 is 0 Å². The zero-order chi connectivity index (χ0) is 14.3. The third-order valence-electron chi connectivity index (χ3n) is 4.63.